The molecule has 8 rings (SSSR count). The number of allylic oxidation sites excluding steroid dienone is 2. The first kappa shape index (κ1) is 23.9. The first-order valence-corrected chi connectivity index (χ1v) is 14.8. The molecule has 0 fully saturated rings. The molecule has 0 saturated heterocycles. The molecule has 1 unspecified atom stereocenters. The monoisotopic (exact) mass is 545 g/mol. The summed E-state index contributed by atoms with van der Waals surface area (Å²) in [6.07, 6.45) is 9.80. The second kappa shape index (κ2) is 9.92. The number of H-pyrrole nitrogens is 1. The SMILES string of the molecule is C1=CCC(N(c2ccccc2)c2ccc(-c3ccc4[nH]c5c(ccc6nc(-c7ccccc7)sc65)c4c3)cc2)C=C1. The molecular weight excluding hydrogens is 518 g/mol. The first-order chi connectivity index (χ1) is 20.3. The van der Waals surface area contributed by atoms with Crippen LogP contribution in [-0.2, 0) is 0 Å². The summed E-state index contributed by atoms with van der Waals surface area (Å²) >= 11 is 1.75. The van der Waals surface area contributed by atoms with E-state index in [2.05, 4.69) is 143 Å². The maximum absolute atomic E-state index is 4.93. The summed E-state index contributed by atoms with van der Waals surface area (Å²) in [7, 11) is 0. The van der Waals surface area contributed by atoms with Crippen molar-refractivity contribution in [3.63, 3.8) is 0 Å². The van der Waals surface area contributed by atoms with Gasteiger partial charge in [0, 0.05) is 33.2 Å². The average Bonchev–Trinajstić information content (AvgIpc) is 3.65. The van der Waals surface area contributed by atoms with Crippen molar-refractivity contribution in [3.8, 4) is 21.7 Å². The minimum Gasteiger partial charge on any atom is -0.353 e. The van der Waals surface area contributed by atoms with Gasteiger partial charge in [0.1, 0.15) is 5.01 Å². The van der Waals surface area contributed by atoms with Gasteiger partial charge in [-0.25, -0.2) is 4.98 Å². The lowest BCUT2D eigenvalue weighted by Gasteiger charge is -2.32. The molecule has 5 aromatic carbocycles. The zero-order valence-corrected chi connectivity index (χ0v) is 23.2. The van der Waals surface area contributed by atoms with Crippen molar-refractivity contribution in [2.24, 2.45) is 0 Å². The van der Waals surface area contributed by atoms with Crippen LogP contribution in [-0.4, -0.2) is 16.0 Å². The third-order valence-corrected chi connectivity index (χ3v) is 9.09. The minimum atomic E-state index is 0.293. The topological polar surface area (TPSA) is 31.9 Å². The van der Waals surface area contributed by atoms with Gasteiger partial charge in [0.15, 0.2) is 0 Å². The molecule has 1 aliphatic rings. The molecule has 0 saturated carbocycles. The predicted molar refractivity (Wildman–Crippen MR) is 175 cm³/mol. The molecule has 0 spiro atoms. The number of nitrogens with zero attached hydrogens (tertiary/aromatic N) is 2. The zero-order valence-electron chi connectivity index (χ0n) is 22.4. The van der Waals surface area contributed by atoms with Crippen molar-refractivity contribution in [2.45, 2.75) is 12.5 Å². The summed E-state index contributed by atoms with van der Waals surface area (Å²) in [6.45, 7) is 0. The van der Waals surface area contributed by atoms with E-state index in [9.17, 15) is 0 Å². The summed E-state index contributed by atoms with van der Waals surface area (Å²) in [6, 6.07) is 41.5. The van der Waals surface area contributed by atoms with Crippen molar-refractivity contribution in [3.05, 3.63) is 140 Å². The summed E-state index contributed by atoms with van der Waals surface area (Å²) in [5.74, 6) is 0. The van der Waals surface area contributed by atoms with Crippen LogP contribution in [0.3, 0.4) is 0 Å². The number of fused-ring (bicyclic) bond motifs is 5. The number of para-hydroxylation sites is 1. The van der Waals surface area contributed by atoms with Crippen molar-refractivity contribution in [2.75, 3.05) is 4.90 Å². The third-order valence-electron chi connectivity index (χ3n) is 7.95. The van der Waals surface area contributed by atoms with E-state index in [-0.39, 0.29) is 0 Å². The second-order valence-corrected chi connectivity index (χ2v) is 11.5. The Morgan fingerprint density at radius 1 is 0.683 bits per heavy atom. The predicted octanol–water partition coefficient (Wildman–Crippen LogP) is 10.3. The fourth-order valence-corrected chi connectivity index (χ4v) is 7.00. The van der Waals surface area contributed by atoms with E-state index < -0.39 is 0 Å². The van der Waals surface area contributed by atoms with Crippen LogP contribution in [0.2, 0.25) is 0 Å². The Morgan fingerprint density at radius 3 is 2.22 bits per heavy atom. The summed E-state index contributed by atoms with van der Waals surface area (Å²) in [5, 5.41) is 3.53. The van der Waals surface area contributed by atoms with E-state index in [0.717, 1.165) is 33.5 Å². The lowest BCUT2D eigenvalue weighted by Crippen LogP contribution is -2.29. The van der Waals surface area contributed by atoms with E-state index in [1.807, 2.05) is 6.07 Å². The maximum atomic E-state index is 4.93. The van der Waals surface area contributed by atoms with Crippen LogP contribution in [0.5, 0.6) is 0 Å². The largest absolute Gasteiger partial charge is 0.353 e. The smallest absolute Gasteiger partial charge is 0.124 e. The van der Waals surface area contributed by atoms with Crippen LogP contribution >= 0.6 is 11.3 Å². The number of hydrogen-bond donors (Lipinski definition) is 1. The Kier molecular flexibility index (Phi) is 5.78. The highest BCUT2D eigenvalue weighted by molar-refractivity contribution is 7.22. The van der Waals surface area contributed by atoms with Gasteiger partial charge < -0.3 is 9.88 Å². The quantitative estimate of drug-likeness (QED) is 0.233. The van der Waals surface area contributed by atoms with Crippen LogP contribution in [0.4, 0.5) is 11.4 Å². The van der Waals surface area contributed by atoms with Gasteiger partial charge >= 0.3 is 0 Å². The molecule has 0 aliphatic heterocycles. The molecule has 41 heavy (non-hydrogen) atoms. The highest BCUT2D eigenvalue weighted by atomic mass is 32.1. The number of aromatic nitrogens is 2. The first-order valence-electron chi connectivity index (χ1n) is 14.0. The Bertz CT molecular complexity index is 2070. The molecule has 0 bridgehead atoms. The molecule has 0 radical (unpaired) electrons. The third kappa shape index (κ3) is 4.24. The van der Waals surface area contributed by atoms with Gasteiger partial charge in [-0.2, -0.15) is 0 Å². The van der Waals surface area contributed by atoms with Gasteiger partial charge in [0.25, 0.3) is 0 Å². The Morgan fingerprint density at radius 2 is 1.44 bits per heavy atom. The molecule has 196 valence electrons. The number of benzene rings is 5. The highest BCUT2D eigenvalue weighted by Crippen LogP contribution is 2.39. The number of anilines is 2. The molecule has 1 N–H and O–H groups in total. The van der Waals surface area contributed by atoms with Crippen molar-refractivity contribution in [1.82, 2.24) is 9.97 Å². The zero-order chi connectivity index (χ0) is 27.2. The van der Waals surface area contributed by atoms with Gasteiger partial charge in [-0.3, -0.25) is 0 Å². The summed E-state index contributed by atoms with van der Waals surface area (Å²) in [4.78, 5) is 11.1. The summed E-state index contributed by atoms with van der Waals surface area (Å²) in [5.41, 5.74) is 9.33. The van der Waals surface area contributed by atoms with Gasteiger partial charge in [0.05, 0.1) is 21.8 Å². The molecular formula is C37H27N3S. The van der Waals surface area contributed by atoms with E-state index in [1.54, 1.807) is 11.3 Å². The van der Waals surface area contributed by atoms with Gasteiger partial charge in [-0.15, -0.1) is 11.3 Å². The minimum absolute atomic E-state index is 0.293. The van der Waals surface area contributed by atoms with Gasteiger partial charge in [-0.1, -0.05) is 91.0 Å². The molecule has 0 amide bonds. The number of rotatable bonds is 5. The molecule has 1 atom stereocenters. The van der Waals surface area contributed by atoms with Crippen molar-refractivity contribution >= 4 is 54.7 Å². The Hall–Kier alpha value is -4.93. The van der Waals surface area contributed by atoms with E-state index in [1.165, 1.54) is 38.0 Å². The Labute approximate surface area is 242 Å². The number of hydrogen-bond acceptors (Lipinski definition) is 3. The standard InChI is InChI=1S/C37H27N3S/c1-4-10-26(11-5-1)37-39-34-23-21-31-32-24-27(18-22-33(32)38-35(31)36(34)41-37)25-16-19-30(20-17-25)40(28-12-6-2-7-13-28)29-14-8-3-9-15-29/h1-14,16-24,29,38H,15H2. The number of thiazole rings is 1. The normalized spacial score (nSPS) is 14.8. The lowest BCUT2D eigenvalue weighted by atomic mass is 10.0. The van der Waals surface area contributed by atoms with Crippen LogP contribution in [0.15, 0.2) is 140 Å². The Balaban J connectivity index is 1.17. The molecule has 7 aromatic rings. The van der Waals surface area contributed by atoms with Crippen molar-refractivity contribution in [1.29, 1.82) is 0 Å². The molecule has 4 heteroatoms. The highest BCUT2D eigenvalue weighted by Gasteiger charge is 2.19. The average molecular weight is 546 g/mol. The van der Waals surface area contributed by atoms with Crippen LogP contribution in [0.25, 0.3) is 53.7 Å². The molecule has 3 nitrogen and oxygen atoms in total. The van der Waals surface area contributed by atoms with Crippen molar-refractivity contribution < 1.29 is 0 Å². The van der Waals surface area contributed by atoms with E-state index >= 15 is 0 Å². The fourth-order valence-electron chi connectivity index (χ4n) is 5.93. The summed E-state index contributed by atoms with van der Waals surface area (Å²) < 4.78 is 1.20. The number of nitrogens with one attached hydrogen (secondary N) is 1. The molecule has 1 aliphatic carbocycles. The molecule has 2 aromatic heterocycles. The second-order valence-electron chi connectivity index (χ2n) is 10.5. The van der Waals surface area contributed by atoms with E-state index in [0.29, 0.717) is 6.04 Å². The maximum Gasteiger partial charge on any atom is 0.124 e. The van der Waals surface area contributed by atoms with Gasteiger partial charge in [0.2, 0.25) is 0 Å². The number of aromatic amines is 1. The fraction of sp³-hybridized carbons (Fsp3) is 0.0541. The lowest BCUT2D eigenvalue weighted by molar-refractivity contribution is 0.785. The molecule has 2 heterocycles. The van der Waals surface area contributed by atoms with Crippen LogP contribution in [0.1, 0.15) is 6.42 Å². The van der Waals surface area contributed by atoms with Crippen LogP contribution < -0.4 is 4.90 Å². The van der Waals surface area contributed by atoms with Crippen LogP contribution in [0, 0.1) is 0 Å². The van der Waals surface area contributed by atoms with Gasteiger partial charge in [-0.05, 0) is 66.1 Å². The van der Waals surface area contributed by atoms with E-state index in [4.69, 9.17) is 4.98 Å².